The number of aryl methyl sites for hydroxylation is 2. The van der Waals surface area contributed by atoms with Gasteiger partial charge >= 0.3 is 5.97 Å². The maximum absolute atomic E-state index is 11.3. The molecule has 23 heavy (non-hydrogen) atoms. The second kappa shape index (κ2) is 5.31. The second-order valence-corrected chi connectivity index (χ2v) is 5.22. The Bertz CT molecular complexity index is 961. The molecule has 118 valence electrons. The predicted octanol–water partition coefficient (Wildman–Crippen LogP) is 1.71. The number of rotatable bonds is 2. The average Bonchev–Trinajstić information content (AvgIpc) is 2.75. The zero-order valence-corrected chi connectivity index (χ0v) is 13.2. The van der Waals surface area contributed by atoms with Crippen LogP contribution in [0.3, 0.4) is 0 Å². The number of benzene rings is 1. The van der Waals surface area contributed by atoms with Crippen molar-refractivity contribution in [3.63, 3.8) is 0 Å². The summed E-state index contributed by atoms with van der Waals surface area (Å²) in [5.41, 5.74) is 2.94. The number of carbonyl (C=O) groups excluding carboxylic acids is 2. The Morgan fingerprint density at radius 2 is 1.91 bits per heavy atom. The van der Waals surface area contributed by atoms with E-state index >= 15 is 0 Å². The fourth-order valence-electron chi connectivity index (χ4n) is 2.37. The van der Waals surface area contributed by atoms with Gasteiger partial charge in [-0.2, -0.15) is 0 Å². The fraction of sp³-hybridized carbons (Fsp3) is 0.267. The molecular weight excluding hydrogens is 298 g/mol. The van der Waals surface area contributed by atoms with Crippen molar-refractivity contribution in [2.45, 2.75) is 20.8 Å². The lowest BCUT2D eigenvalue weighted by Crippen LogP contribution is -2.10. The van der Waals surface area contributed by atoms with Crippen LogP contribution >= 0.6 is 0 Å². The van der Waals surface area contributed by atoms with Gasteiger partial charge in [0.15, 0.2) is 5.75 Å². The van der Waals surface area contributed by atoms with Crippen molar-refractivity contribution in [3.8, 4) is 5.75 Å². The molecule has 8 heteroatoms. The molecule has 2 aromatic heterocycles. The van der Waals surface area contributed by atoms with E-state index < -0.39 is 5.97 Å². The van der Waals surface area contributed by atoms with Crippen molar-refractivity contribution in [2.24, 2.45) is 7.05 Å². The molecule has 0 saturated heterocycles. The Kier molecular flexibility index (Phi) is 3.44. The average molecular weight is 313 g/mol. The van der Waals surface area contributed by atoms with Gasteiger partial charge in [0.05, 0.1) is 11.2 Å². The largest absolute Gasteiger partial charge is 0.424 e. The number of carbonyl (C=O) groups is 2. The Labute approximate surface area is 131 Å². The molecule has 3 aromatic rings. The van der Waals surface area contributed by atoms with Crippen LogP contribution in [0, 0.1) is 6.92 Å². The van der Waals surface area contributed by atoms with Crippen molar-refractivity contribution < 1.29 is 14.3 Å². The van der Waals surface area contributed by atoms with Crippen LogP contribution in [0.2, 0.25) is 0 Å². The van der Waals surface area contributed by atoms with E-state index in [1.807, 2.05) is 6.92 Å². The summed E-state index contributed by atoms with van der Waals surface area (Å²) in [4.78, 5) is 35.9. The number of nitrogens with one attached hydrogen (secondary N) is 1. The number of imidazole rings is 1. The molecule has 3 rings (SSSR count). The van der Waals surface area contributed by atoms with Crippen molar-refractivity contribution in [1.29, 1.82) is 0 Å². The summed E-state index contributed by atoms with van der Waals surface area (Å²) < 4.78 is 6.95. The first kappa shape index (κ1) is 14.9. The molecule has 0 unspecified atom stereocenters. The van der Waals surface area contributed by atoms with E-state index in [-0.39, 0.29) is 5.91 Å². The van der Waals surface area contributed by atoms with Gasteiger partial charge in [-0.25, -0.2) is 15.0 Å². The van der Waals surface area contributed by atoms with Crippen LogP contribution in [0.1, 0.15) is 19.5 Å². The number of ether oxygens (including phenoxy) is 1. The number of amides is 1. The van der Waals surface area contributed by atoms with E-state index in [2.05, 4.69) is 20.3 Å². The van der Waals surface area contributed by atoms with E-state index in [0.29, 0.717) is 39.5 Å². The fourth-order valence-corrected chi connectivity index (χ4v) is 2.37. The van der Waals surface area contributed by atoms with Crippen molar-refractivity contribution in [1.82, 2.24) is 19.5 Å². The van der Waals surface area contributed by atoms with Gasteiger partial charge in [-0.3, -0.25) is 14.9 Å². The molecule has 0 atom stereocenters. The summed E-state index contributed by atoms with van der Waals surface area (Å²) in [5.74, 6) is 0.0226. The molecule has 8 nitrogen and oxygen atoms in total. The SMILES string of the molecule is CC(=O)Nc1nc2c3nc(C)cnc3c(OC(C)=O)cc2n1C. The molecule has 0 fully saturated rings. The van der Waals surface area contributed by atoms with Gasteiger partial charge in [-0.15, -0.1) is 0 Å². The lowest BCUT2D eigenvalue weighted by Gasteiger charge is -2.07. The van der Waals surface area contributed by atoms with Crippen LogP contribution in [-0.2, 0) is 16.6 Å². The third kappa shape index (κ3) is 2.59. The van der Waals surface area contributed by atoms with E-state index in [1.165, 1.54) is 13.8 Å². The Morgan fingerprint density at radius 1 is 1.17 bits per heavy atom. The minimum Gasteiger partial charge on any atom is -0.424 e. The number of esters is 1. The van der Waals surface area contributed by atoms with Crippen LogP contribution in [0.5, 0.6) is 5.75 Å². The van der Waals surface area contributed by atoms with Crippen LogP contribution in [0.15, 0.2) is 12.3 Å². The maximum Gasteiger partial charge on any atom is 0.308 e. The quantitative estimate of drug-likeness (QED) is 0.571. The first-order chi connectivity index (χ1) is 10.9. The Hall–Kier alpha value is -3.03. The number of hydrogen-bond donors (Lipinski definition) is 1. The van der Waals surface area contributed by atoms with Gasteiger partial charge in [0.25, 0.3) is 0 Å². The normalized spacial score (nSPS) is 11.0. The molecule has 1 aromatic carbocycles. The third-order valence-electron chi connectivity index (χ3n) is 3.30. The molecule has 0 radical (unpaired) electrons. The smallest absolute Gasteiger partial charge is 0.308 e. The molecule has 2 heterocycles. The Balaban J connectivity index is 2.38. The molecule has 0 aliphatic carbocycles. The Morgan fingerprint density at radius 3 is 2.57 bits per heavy atom. The van der Waals surface area contributed by atoms with Crippen LogP contribution in [0.4, 0.5) is 5.95 Å². The van der Waals surface area contributed by atoms with Gasteiger partial charge in [-0.05, 0) is 6.92 Å². The first-order valence-electron chi connectivity index (χ1n) is 6.95. The van der Waals surface area contributed by atoms with E-state index in [9.17, 15) is 9.59 Å². The first-order valence-corrected chi connectivity index (χ1v) is 6.95. The van der Waals surface area contributed by atoms with E-state index in [1.54, 1.807) is 23.9 Å². The zero-order valence-electron chi connectivity index (χ0n) is 13.2. The van der Waals surface area contributed by atoms with Gasteiger partial charge in [0.1, 0.15) is 16.6 Å². The van der Waals surface area contributed by atoms with Crippen molar-refractivity contribution in [3.05, 3.63) is 18.0 Å². The third-order valence-corrected chi connectivity index (χ3v) is 3.30. The van der Waals surface area contributed by atoms with E-state index in [4.69, 9.17) is 4.74 Å². The molecule has 0 saturated carbocycles. The second-order valence-electron chi connectivity index (χ2n) is 5.22. The molecule has 0 aliphatic heterocycles. The van der Waals surface area contributed by atoms with Crippen LogP contribution in [-0.4, -0.2) is 31.4 Å². The molecule has 1 N–H and O–H groups in total. The monoisotopic (exact) mass is 313 g/mol. The topological polar surface area (TPSA) is 99.0 Å². The molecule has 0 aliphatic rings. The lowest BCUT2D eigenvalue weighted by molar-refractivity contribution is -0.131. The van der Waals surface area contributed by atoms with Gasteiger partial charge in [-0.1, -0.05) is 0 Å². The highest BCUT2D eigenvalue weighted by Crippen LogP contribution is 2.32. The number of hydrogen-bond acceptors (Lipinski definition) is 6. The minimum atomic E-state index is -0.447. The predicted molar refractivity (Wildman–Crippen MR) is 84.2 cm³/mol. The highest BCUT2D eigenvalue weighted by molar-refractivity contribution is 6.05. The summed E-state index contributed by atoms with van der Waals surface area (Å²) in [6.07, 6.45) is 1.60. The molecular formula is C15H15N5O3. The number of aromatic nitrogens is 4. The number of anilines is 1. The summed E-state index contributed by atoms with van der Waals surface area (Å²) in [6.45, 7) is 4.55. The molecule has 1 amide bonds. The van der Waals surface area contributed by atoms with Gasteiger partial charge in [0.2, 0.25) is 11.9 Å². The van der Waals surface area contributed by atoms with Gasteiger partial charge < -0.3 is 9.30 Å². The number of fused-ring (bicyclic) bond motifs is 3. The number of nitrogens with zero attached hydrogens (tertiary/aromatic N) is 4. The maximum atomic E-state index is 11.3. The summed E-state index contributed by atoms with van der Waals surface area (Å²) in [7, 11) is 1.76. The minimum absolute atomic E-state index is 0.227. The summed E-state index contributed by atoms with van der Waals surface area (Å²) >= 11 is 0. The summed E-state index contributed by atoms with van der Waals surface area (Å²) in [6, 6.07) is 1.67. The van der Waals surface area contributed by atoms with Crippen LogP contribution < -0.4 is 10.1 Å². The standard InChI is InChI=1S/C15H15N5O3/c1-7-6-16-13-11(23-9(3)22)5-10-12(14(13)17-7)19-15(20(10)4)18-8(2)21/h5-6H,1-4H3,(H,18,19,21). The van der Waals surface area contributed by atoms with Crippen molar-refractivity contribution >= 4 is 39.9 Å². The van der Waals surface area contributed by atoms with Crippen LogP contribution in [0.25, 0.3) is 22.1 Å². The highest BCUT2D eigenvalue weighted by atomic mass is 16.5. The van der Waals surface area contributed by atoms with Gasteiger partial charge in [0, 0.05) is 33.2 Å². The molecule has 0 bridgehead atoms. The van der Waals surface area contributed by atoms with E-state index in [0.717, 1.165) is 0 Å². The zero-order chi connectivity index (χ0) is 16.7. The summed E-state index contributed by atoms with van der Waals surface area (Å²) in [5, 5.41) is 2.66. The molecule has 0 spiro atoms. The highest BCUT2D eigenvalue weighted by Gasteiger charge is 2.18. The van der Waals surface area contributed by atoms with Crippen molar-refractivity contribution in [2.75, 3.05) is 5.32 Å². The lowest BCUT2D eigenvalue weighted by atomic mass is 10.2.